The first kappa shape index (κ1) is 8.59. The molecule has 3 nitrogen and oxygen atoms in total. The van der Waals surface area contributed by atoms with Gasteiger partial charge in [-0.3, -0.25) is 0 Å². The highest BCUT2D eigenvalue weighted by Crippen LogP contribution is 2.18. The molecule has 0 spiro atoms. The van der Waals surface area contributed by atoms with Crippen molar-refractivity contribution in [2.75, 3.05) is 13.7 Å². The number of ether oxygens (including phenoxy) is 1. The number of hydrogen-bond donors (Lipinski definition) is 1. The zero-order valence-electron chi connectivity index (χ0n) is 6.21. The third kappa shape index (κ3) is 2.22. The number of hydrogen-bond acceptors (Lipinski definition) is 3. The number of nitrogens with two attached hydrogens (primary N) is 1. The summed E-state index contributed by atoms with van der Waals surface area (Å²) < 4.78 is 9.90. The summed E-state index contributed by atoms with van der Waals surface area (Å²) in [6.07, 6.45) is 0. The van der Waals surface area contributed by atoms with Crippen LogP contribution in [-0.4, -0.2) is 13.7 Å². The van der Waals surface area contributed by atoms with E-state index in [4.69, 9.17) is 26.5 Å². The lowest BCUT2D eigenvalue weighted by molar-refractivity contribution is 0.172. The minimum Gasteiger partial charge on any atom is -0.448 e. The molecule has 0 radical (unpaired) electrons. The molecule has 11 heavy (non-hydrogen) atoms. The molecule has 2 N–H and O–H groups in total. The fraction of sp³-hybridized carbons (Fsp3) is 0.429. The van der Waals surface area contributed by atoms with Crippen LogP contribution >= 0.6 is 11.6 Å². The van der Waals surface area contributed by atoms with Crippen molar-refractivity contribution in [1.82, 2.24) is 0 Å². The van der Waals surface area contributed by atoms with Crippen LogP contribution in [0.1, 0.15) is 11.8 Å². The average Bonchev–Trinajstić information content (AvgIpc) is 2.36. The Bertz CT molecular complexity index is 224. The van der Waals surface area contributed by atoms with E-state index in [1.807, 2.05) is 0 Å². The van der Waals surface area contributed by atoms with E-state index in [-0.39, 0.29) is 6.04 Å². The highest BCUT2D eigenvalue weighted by Gasteiger charge is 2.09. The lowest BCUT2D eigenvalue weighted by Crippen LogP contribution is -2.14. The summed E-state index contributed by atoms with van der Waals surface area (Å²) in [5.74, 6) is 0.650. The van der Waals surface area contributed by atoms with Gasteiger partial charge >= 0.3 is 0 Å². The van der Waals surface area contributed by atoms with E-state index in [9.17, 15) is 0 Å². The van der Waals surface area contributed by atoms with Crippen LogP contribution in [0.4, 0.5) is 0 Å². The Balaban J connectivity index is 2.60. The van der Waals surface area contributed by atoms with Crippen LogP contribution in [0.5, 0.6) is 0 Å². The van der Waals surface area contributed by atoms with Gasteiger partial charge in [0.15, 0.2) is 5.22 Å². The predicted octanol–water partition coefficient (Wildman–Crippen LogP) is 1.58. The molecule has 0 saturated carbocycles. The molecule has 0 aliphatic carbocycles. The van der Waals surface area contributed by atoms with E-state index in [1.54, 1.807) is 19.2 Å². The maximum atomic E-state index is 5.64. The molecular formula is C7H10ClNO2. The van der Waals surface area contributed by atoms with Crippen molar-refractivity contribution >= 4 is 11.6 Å². The first-order valence-corrected chi connectivity index (χ1v) is 3.61. The molecule has 1 heterocycles. The molecule has 0 amide bonds. The number of furan rings is 1. The molecule has 0 aromatic carbocycles. The van der Waals surface area contributed by atoms with Gasteiger partial charge in [0.2, 0.25) is 0 Å². The zero-order chi connectivity index (χ0) is 8.27. The third-order valence-corrected chi connectivity index (χ3v) is 1.51. The largest absolute Gasteiger partial charge is 0.448 e. The quantitative estimate of drug-likeness (QED) is 0.759. The van der Waals surface area contributed by atoms with Crippen LogP contribution < -0.4 is 5.73 Å². The second-order valence-electron chi connectivity index (χ2n) is 2.20. The normalized spacial score (nSPS) is 13.4. The molecular weight excluding hydrogens is 166 g/mol. The Kier molecular flexibility index (Phi) is 2.93. The van der Waals surface area contributed by atoms with Crippen molar-refractivity contribution in [3.05, 3.63) is 23.1 Å². The zero-order valence-corrected chi connectivity index (χ0v) is 6.97. The van der Waals surface area contributed by atoms with Crippen molar-refractivity contribution in [1.29, 1.82) is 0 Å². The molecule has 1 rings (SSSR count). The van der Waals surface area contributed by atoms with E-state index < -0.39 is 0 Å². The molecule has 4 heteroatoms. The fourth-order valence-corrected chi connectivity index (χ4v) is 0.941. The first-order chi connectivity index (χ1) is 5.24. The van der Waals surface area contributed by atoms with Crippen LogP contribution in [-0.2, 0) is 4.74 Å². The van der Waals surface area contributed by atoms with Crippen LogP contribution in [0, 0.1) is 0 Å². The van der Waals surface area contributed by atoms with Crippen molar-refractivity contribution in [3.63, 3.8) is 0 Å². The van der Waals surface area contributed by atoms with Crippen LogP contribution in [0.25, 0.3) is 0 Å². The Morgan fingerprint density at radius 3 is 2.91 bits per heavy atom. The van der Waals surface area contributed by atoms with Crippen molar-refractivity contribution in [2.45, 2.75) is 6.04 Å². The molecule has 1 atom stereocenters. The van der Waals surface area contributed by atoms with Crippen molar-refractivity contribution < 1.29 is 9.15 Å². The van der Waals surface area contributed by atoms with Crippen molar-refractivity contribution in [2.24, 2.45) is 5.73 Å². The maximum Gasteiger partial charge on any atom is 0.193 e. The highest BCUT2D eigenvalue weighted by atomic mass is 35.5. The van der Waals surface area contributed by atoms with Crippen molar-refractivity contribution in [3.8, 4) is 0 Å². The molecule has 0 fully saturated rings. The average molecular weight is 176 g/mol. The third-order valence-electron chi connectivity index (χ3n) is 1.31. The smallest absolute Gasteiger partial charge is 0.193 e. The maximum absolute atomic E-state index is 5.64. The van der Waals surface area contributed by atoms with E-state index in [0.29, 0.717) is 17.6 Å². The molecule has 0 aliphatic rings. The van der Waals surface area contributed by atoms with Gasteiger partial charge < -0.3 is 14.9 Å². The lowest BCUT2D eigenvalue weighted by atomic mass is 10.2. The van der Waals surface area contributed by atoms with Gasteiger partial charge in [-0.05, 0) is 23.7 Å². The predicted molar refractivity (Wildman–Crippen MR) is 42.5 cm³/mol. The van der Waals surface area contributed by atoms with Gasteiger partial charge in [0.1, 0.15) is 5.76 Å². The highest BCUT2D eigenvalue weighted by molar-refractivity contribution is 6.28. The lowest BCUT2D eigenvalue weighted by Gasteiger charge is -2.05. The summed E-state index contributed by atoms with van der Waals surface area (Å²) in [4.78, 5) is 0. The SMILES string of the molecule is COCC(N)c1ccc(Cl)o1. The first-order valence-electron chi connectivity index (χ1n) is 3.24. The van der Waals surface area contributed by atoms with E-state index >= 15 is 0 Å². The molecule has 62 valence electrons. The van der Waals surface area contributed by atoms with Crippen LogP contribution in [0.2, 0.25) is 5.22 Å². The van der Waals surface area contributed by atoms with Gasteiger partial charge in [0.25, 0.3) is 0 Å². The fourth-order valence-electron chi connectivity index (χ4n) is 0.789. The van der Waals surface area contributed by atoms with Gasteiger partial charge in [0, 0.05) is 7.11 Å². The molecule has 0 bridgehead atoms. The molecule has 1 aromatic rings. The second-order valence-corrected chi connectivity index (χ2v) is 2.58. The molecule has 1 aromatic heterocycles. The van der Waals surface area contributed by atoms with Gasteiger partial charge in [-0.1, -0.05) is 0 Å². The van der Waals surface area contributed by atoms with Gasteiger partial charge in [-0.25, -0.2) is 0 Å². The molecule has 0 saturated heterocycles. The monoisotopic (exact) mass is 175 g/mol. The van der Waals surface area contributed by atoms with E-state index in [0.717, 1.165) is 0 Å². The van der Waals surface area contributed by atoms with Gasteiger partial charge in [-0.15, -0.1) is 0 Å². The molecule has 1 unspecified atom stereocenters. The Morgan fingerprint density at radius 2 is 2.45 bits per heavy atom. The van der Waals surface area contributed by atoms with Crippen LogP contribution in [0.3, 0.4) is 0 Å². The summed E-state index contributed by atoms with van der Waals surface area (Å²) in [5.41, 5.74) is 5.64. The summed E-state index contributed by atoms with van der Waals surface area (Å²) in [7, 11) is 1.59. The summed E-state index contributed by atoms with van der Waals surface area (Å²) >= 11 is 5.54. The topological polar surface area (TPSA) is 48.4 Å². The number of halogens is 1. The summed E-state index contributed by atoms with van der Waals surface area (Å²) in [6.45, 7) is 0.434. The Morgan fingerprint density at radius 1 is 1.73 bits per heavy atom. The Labute approximate surface area is 70.1 Å². The van der Waals surface area contributed by atoms with Gasteiger partial charge in [0.05, 0.1) is 12.6 Å². The summed E-state index contributed by atoms with van der Waals surface area (Å²) in [5, 5.41) is 0.353. The second kappa shape index (κ2) is 3.76. The summed E-state index contributed by atoms with van der Waals surface area (Å²) in [6, 6.07) is 3.17. The Hall–Kier alpha value is -0.510. The van der Waals surface area contributed by atoms with Gasteiger partial charge in [-0.2, -0.15) is 0 Å². The number of methoxy groups -OCH3 is 1. The minimum atomic E-state index is -0.229. The van der Waals surface area contributed by atoms with E-state index in [2.05, 4.69) is 0 Å². The minimum absolute atomic E-state index is 0.229. The number of rotatable bonds is 3. The van der Waals surface area contributed by atoms with Crippen LogP contribution in [0.15, 0.2) is 16.5 Å². The van der Waals surface area contributed by atoms with E-state index in [1.165, 1.54) is 0 Å². The standard InChI is InChI=1S/C7H10ClNO2/c1-10-4-5(9)6-2-3-7(8)11-6/h2-3,5H,4,9H2,1H3. The molecule has 0 aliphatic heterocycles.